The van der Waals surface area contributed by atoms with Gasteiger partial charge in [0.2, 0.25) is 0 Å². The molecule has 0 saturated carbocycles. The second-order valence-corrected chi connectivity index (χ2v) is 7.70. The Bertz CT molecular complexity index is 763. The second-order valence-electron chi connectivity index (χ2n) is 7.70. The Labute approximate surface area is 156 Å². The van der Waals surface area contributed by atoms with E-state index in [-0.39, 0.29) is 5.41 Å². The zero-order valence-electron chi connectivity index (χ0n) is 15.6. The van der Waals surface area contributed by atoms with E-state index in [2.05, 4.69) is 66.8 Å². The topological polar surface area (TPSA) is 33.6 Å². The van der Waals surface area contributed by atoms with Crippen LogP contribution in [0.3, 0.4) is 0 Å². The number of benzene rings is 2. The molecule has 2 aromatic rings. The maximum atomic E-state index is 5.66. The lowest BCUT2D eigenvalue weighted by molar-refractivity contribution is 0.0448. The highest BCUT2D eigenvalue weighted by Gasteiger charge is 2.41. The van der Waals surface area contributed by atoms with Crippen molar-refractivity contribution in [2.75, 3.05) is 18.5 Å². The highest BCUT2D eigenvalue weighted by atomic mass is 16.5. The molecule has 3 nitrogen and oxygen atoms in total. The molecule has 0 aliphatic carbocycles. The lowest BCUT2D eigenvalue weighted by Gasteiger charge is -2.42. The molecule has 2 heterocycles. The highest BCUT2D eigenvalue weighted by Crippen LogP contribution is 2.41. The first-order chi connectivity index (χ1) is 12.8. The van der Waals surface area contributed by atoms with E-state index in [1.165, 1.54) is 22.6 Å². The summed E-state index contributed by atoms with van der Waals surface area (Å²) in [7, 11) is 0. The van der Waals surface area contributed by atoms with Gasteiger partial charge in [0.25, 0.3) is 0 Å². The maximum Gasteiger partial charge on any atom is 0.108 e. The Hall–Kier alpha value is -2.13. The Balaban J connectivity index is 1.54. The Morgan fingerprint density at radius 3 is 2.58 bits per heavy atom. The van der Waals surface area contributed by atoms with Crippen molar-refractivity contribution in [1.29, 1.82) is 0 Å². The van der Waals surface area contributed by atoms with Crippen molar-refractivity contribution in [2.45, 2.75) is 45.1 Å². The molecule has 2 aromatic carbocycles. The minimum Gasteiger partial charge on any atom is -0.381 e. The number of anilines is 1. The molecule has 1 spiro atoms. The van der Waals surface area contributed by atoms with Crippen LogP contribution in [0, 0.1) is 5.41 Å². The Morgan fingerprint density at radius 1 is 1.04 bits per heavy atom. The molecule has 0 aromatic heterocycles. The van der Waals surface area contributed by atoms with E-state index in [1.54, 1.807) is 0 Å². The number of rotatable bonds is 4. The van der Waals surface area contributed by atoms with Crippen LogP contribution in [0.4, 0.5) is 5.69 Å². The number of para-hydroxylation sites is 1. The summed E-state index contributed by atoms with van der Waals surface area (Å²) in [6, 6.07) is 19.7. The van der Waals surface area contributed by atoms with E-state index in [1.807, 2.05) is 0 Å². The zero-order chi connectivity index (χ0) is 17.8. The predicted octanol–water partition coefficient (Wildman–Crippen LogP) is 4.87. The molecule has 0 bridgehead atoms. The van der Waals surface area contributed by atoms with E-state index in [0.717, 1.165) is 45.3 Å². The molecule has 3 heteroatoms. The number of nitrogens with zero attached hydrogens (tertiary/aromatic N) is 1. The fraction of sp³-hybridized carbons (Fsp3) is 0.435. The highest BCUT2D eigenvalue weighted by molar-refractivity contribution is 6.02. The number of hydrogen-bond donors (Lipinski definition) is 1. The van der Waals surface area contributed by atoms with Crippen molar-refractivity contribution in [3.05, 3.63) is 65.7 Å². The van der Waals surface area contributed by atoms with Gasteiger partial charge in [-0.1, -0.05) is 48.5 Å². The molecule has 1 fully saturated rings. The van der Waals surface area contributed by atoms with Crippen LogP contribution >= 0.6 is 0 Å². The van der Waals surface area contributed by atoms with Gasteiger partial charge in [-0.15, -0.1) is 0 Å². The van der Waals surface area contributed by atoms with Crippen molar-refractivity contribution in [3.8, 4) is 0 Å². The Kier molecular flexibility index (Phi) is 5.07. The summed E-state index contributed by atoms with van der Waals surface area (Å²) in [6.07, 6.45) is 5.33. The molecular weight excluding hydrogens is 320 g/mol. The standard InChI is InChI=1S/C23H28N2O/c1-18(11-12-19-7-3-2-4-8-19)24-22-23(13-15-26-16-14-23)17-20-9-5-6-10-21(20)25-22/h2-10,18H,11-17H2,1H3,(H,24,25). The maximum absolute atomic E-state index is 5.66. The second kappa shape index (κ2) is 7.63. The van der Waals surface area contributed by atoms with Crippen LogP contribution in [0.2, 0.25) is 0 Å². The molecule has 4 rings (SSSR count). The van der Waals surface area contributed by atoms with Crippen LogP contribution in [0.25, 0.3) is 0 Å². The van der Waals surface area contributed by atoms with Crippen molar-refractivity contribution < 1.29 is 4.74 Å². The number of ether oxygens (including phenoxy) is 1. The summed E-state index contributed by atoms with van der Waals surface area (Å²) in [6.45, 7) is 3.91. The normalized spacial score (nSPS) is 21.2. The van der Waals surface area contributed by atoms with E-state index in [0.29, 0.717) is 6.04 Å². The van der Waals surface area contributed by atoms with Gasteiger partial charge >= 0.3 is 0 Å². The van der Waals surface area contributed by atoms with Crippen LogP contribution in [-0.4, -0.2) is 25.1 Å². The summed E-state index contributed by atoms with van der Waals surface area (Å²) < 4.78 is 5.66. The first-order valence-corrected chi connectivity index (χ1v) is 9.80. The van der Waals surface area contributed by atoms with Crippen LogP contribution in [0.5, 0.6) is 0 Å². The van der Waals surface area contributed by atoms with Gasteiger partial charge in [0.05, 0.1) is 0 Å². The van der Waals surface area contributed by atoms with Gasteiger partial charge in [0, 0.05) is 30.4 Å². The molecule has 0 radical (unpaired) electrons. The predicted molar refractivity (Wildman–Crippen MR) is 108 cm³/mol. The van der Waals surface area contributed by atoms with Gasteiger partial charge in [-0.2, -0.15) is 0 Å². The van der Waals surface area contributed by atoms with Crippen LogP contribution in [-0.2, 0) is 17.6 Å². The van der Waals surface area contributed by atoms with Crippen LogP contribution < -0.4 is 5.32 Å². The van der Waals surface area contributed by atoms with Crippen molar-refractivity contribution in [2.24, 2.45) is 10.4 Å². The van der Waals surface area contributed by atoms with Crippen molar-refractivity contribution in [1.82, 2.24) is 0 Å². The summed E-state index contributed by atoms with van der Waals surface area (Å²) >= 11 is 0. The van der Waals surface area contributed by atoms with Gasteiger partial charge in [0.15, 0.2) is 0 Å². The number of hydrogen-bond acceptors (Lipinski definition) is 2. The molecule has 136 valence electrons. The molecule has 1 saturated heterocycles. The lowest BCUT2D eigenvalue weighted by Crippen LogP contribution is -2.46. The Morgan fingerprint density at radius 2 is 1.77 bits per heavy atom. The first kappa shape index (κ1) is 17.3. The van der Waals surface area contributed by atoms with Gasteiger partial charge in [-0.25, -0.2) is 0 Å². The molecule has 1 unspecified atom stereocenters. The van der Waals surface area contributed by atoms with Crippen LogP contribution in [0.15, 0.2) is 59.6 Å². The molecule has 1 N–H and O–H groups in total. The SMILES string of the molecule is CC(CCc1ccccc1)N=C1Nc2ccccc2CC12CCOCC2. The monoisotopic (exact) mass is 348 g/mol. The van der Waals surface area contributed by atoms with Gasteiger partial charge < -0.3 is 10.1 Å². The van der Waals surface area contributed by atoms with E-state index in [4.69, 9.17) is 9.73 Å². The number of aryl methyl sites for hydroxylation is 1. The first-order valence-electron chi connectivity index (χ1n) is 9.80. The quantitative estimate of drug-likeness (QED) is 0.855. The van der Waals surface area contributed by atoms with Gasteiger partial charge in [0.1, 0.15) is 5.84 Å². The number of amidine groups is 1. The molecule has 2 aliphatic rings. The lowest BCUT2D eigenvalue weighted by atomic mass is 9.71. The molecule has 0 amide bonds. The largest absolute Gasteiger partial charge is 0.381 e. The minimum atomic E-state index is 0.119. The van der Waals surface area contributed by atoms with E-state index in [9.17, 15) is 0 Å². The summed E-state index contributed by atoms with van der Waals surface area (Å²) in [4.78, 5) is 5.18. The fourth-order valence-electron chi connectivity index (χ4n) is 4.15. The third-order valence-corrected chi connectivity index (χ3v) is 5.79. The average molecular weight is 348 g/mol. The van der Waals surface area contributed by atoms with Gasteiger partial charge in [-0.3, -0.25) is 4.99 Å². The van der Waals surface area contributed by atoms with Crippen LogP contribution in [0.1, 0.15) is 37.3 Å². The average Bonchev–Trinajstić information content (AvgIpc) is 2.68. The summed E-state index contributed by atoms with van der Waals surface area (Å²) in [5, 5.41) is 3.68. The third kappa shape index (κ3) is 3.68. The smallest absolute Gasteiger partial charge is 0.108 e. The van der Waals surface area contributed by atoms with Gasteiger partial charge in [-0.05, 0) is 56.2 Å². The summed E-state index contributed by atoms with van der Waals surface area (Å²) in [5.74, 6) is 1.18. The fourth-order valence-corrected chi connectivity index (χ4v) is 4.15. The van der Waals surface area contributed by atoms with Crippen molar-refractivity contribution >= 4 is 11.5 Å². The van der Waals surface area contributed by atoms with E-state index < -0.39 is 0 Å². The minimum absolute atomic E-state index is 0.119. The third-order valence-electron chi connectivity index (χ3n) is 5.79. The molecule has 1 atom stereocenters. The van der Waals surface area contributed by atoms with Crippen molar-refractivity contribution in [3.63, 3.8) is 0 Å². The number of aliphatic imine (C=N–C) groups is 1. The molecule has 2 aliphatic heterocycles. The molecule has 26 heavy (non-hydrogen) atoms. The summed E-state index contributed by atoms with van der Waals surface area (Å²) in [5.41, 5.74) is 4.14. The molecular formula is C23H28N2O. The van der Waals surface area contributed by atoms with E-state index >= 15 is 0 Å². The zero-order valence-corrected chi connectivity index (χ0v) is 15.6. The number of nitrogens with one attached hydrogen (secondary N) is 1. The number of fused-ring (bicyclic) bond motifs is 1.